The molecule has 4 heterocycles. The first-order chi connectivity index (χ1) is 16.3. The van der Waals surface area contributed by atoms with Crippen LogP contribution in [0.4, 0.5) is 30.4 Å². The van der Waals surface area contributed by atoms with Crippen LogP contribution in [-0.4, -0.2) is 47.4 Å². The number of aromatic nitrogens is 3. The Hall–Kier alpha value is -3.38. The molecule has 0 radical (unpaired) electrons. The van der Waals surface area contributed by atoms with Gasteiger partial charge in [0, 0.05) is 32.4 Å². The third-order valence-electron chi connectivity index (χ3n) is 5.46. The molecular weight excluding hydrogens is 493 g/mol. The van der Waals surface area contributed by atoms with Crippen LogP contribution in [0.3, 0.4) is 0 Å². The fourth-order valence-electron chi connectivity index (χ4n) is 3.78. The van der Waals surface area contributed by atoms with E-state index in [9.17, 15) is 18.0 Å². The van der Waals surface area contributed by atoms with Gasteiger partial charge in [0.15, 0.2) is 11.0 Å². The Bertz CT molecular complexity index is 1340. The van der Waals surface area contributed by atoms with E-state index in [1.54, 1.807) is 18.2 Å². The lowest BCUT2D eigenvalue weighted by Crippen LogP contribution is -2.47. The Morgan fingerprint density at radius 1 is 1.09 bits per heavy atom. The minimum absolute atomic E-state index is 0.0443. The summed E-state index contributed by atoms with van der Waals surface area (Å²) in [4.78, 5) is 20.8. The molecule has 3 aromatic heterocycles. The van der Waals surface area contributed by atoms with Gasteiger partial charge < -0.3 is 15.1 Å². The molecular formula is C21H16ClF3N6O2S. The zero-order valence-electron chi connectivity index (χ0n) is 17.3. The maximum atomic E-state index is 12.9. The van der Waals surface area contributed by atoms with Crippen molar-refractivity contribution in [2.45, 2.75) is 6.18 Å². The molecule has 0 unspecified atom stereocenters. The third kappa shape index (κ3) is 4.26. The largest absolute Gasteiger partial charge is 0.417 e. The van der Waals surface area contributed by atoms with Gasteiger partial charge in [0.1, 0.15) is 5.82 Å². The predicted molar refractivity (Wildman–Crippen MR) is 123 cm³/mol. The second-order valence-electron chi connectivity index (χ2n) is 7.53. The van der Waals surface area contributed by atoms with E-state index in [2.05, 4.69) is 25.5 Å². The van der Waals surface area contributed by atoms with Crippen molar-refractivity contribution in [2.75, 3.05) is 41.3 Å². The summed E-state index contributed by atoms with van der Waals surface area (Å²) >= 11 is 7.43. The summed E-state index contributed by atoms with van der Waals surface area (Å²) in [6.07, 6.45) is -3.71. The number of fused-ring (bicyclic) bond motifs is 1. The normalized spacial score (nSPS) is 14.6. The molecule has 8 nitrogen and oxygen atoms in total. The first kappa shape index (κ1) is 22.4. The molecule has 4 aromatic rings. The Kier molecular flexibility index (Phi) is 5.78. The van der Waals surface area contributed by atoms with Gasteiger partial charge >= 0.3 is 6.18 Å². The van der Waals surface area contributed by atoms with Crippen molar-refractivity contribution in [3.05, 3.63) is 57.4 Å². The monoisotopic (exact) mass is 508 g/mol. The van der Waals surface area contributed by atoms with Crippen LogP contribution >= 0.6 is 22.9 Å². The van der Waals surface area contributed by atoms with E-state index in [0.717, 1.165) is 18.0 Å². The zero-order valence-corrected chi connectivity index (χ0v) is 18.9. The molecule has 1 N–H and O–H groups in total. The van der Waals surface area contributed by atoms with E-state index < -0.39 is 11.7 Å². The molecule has 0 spiro atoms. The summed E-state index contributed by atoms with van der Waals surface area (Å²) in [5.74, 6) is 0.0655. The number of thiophene rings is 1. The maximum Gasteiger partial charge on any atom is 0.417 e. The standard InChI is InChI=1S/C21H16ClF3N6O2S/c22-13-10-12(21(23,24)25)11-26-19(13)31-7-5-30(6-8-31)15-4-3-14(17-18(15)29-33-28-17)27-20(32)16-2-1-9-34-16/h1-4,9-11H,5-8H2,(H,27,32). The van der Waals surface area contributed by atoms with Crippen molar-refractivity contribution in [3.8, 4) is 0 Å². The Morgan fingerprint density at radius 3 is 2.50 bits per heavy atom. The molecule has 1 amide bonds. The lowest BCUT2D eigenvalue weighted by atomic mass is 10.2. The van der Waals surface area contributed by atoms with Gasteiger partial charge in [-0.2, -0.15) is 13.2 Å². The van der Waals surface area contributed by atoms with Crippen molar-refractivity contribution >= 4 is 57.1 Å². The minimum Gasteiger partial charge on any atom is -0.366 e. The summed E-state index contributed by atoms with van der Waals surface area (Å²) < 4.78 is 43.6. The molecule has 1 saturated heterocycles. The number of rotatable bonds is 4. The number of alkyl halides is 3. The molecule has 0 aliphatic carbocycles. The average molecular weight is 509 g/mol. The predicted octanol–water partition coefficient (Wildman–Crippen LogP) is 4.93. The topological polar surface area (TPSA) is 87.4 Å². The van der Waals surface area contributed by atoms with E-state index >= 15 is 0 Å². The number of nitrogens with zero attached hydrogens (tertiary/aromatic N) is 5. The minimum atomic E-state index is -4.50. The smallest absolute Gasteiger partial charge is 0.366 e. The molecule has 176 valence electrons. The molecule has 0 saturated carbocycles. The van der Waals surface area contributed by atoms with Gasteiger partial charge in [-0.25, -0.2) is 9.61 Å². The van der Waals surface area contributed by atoms with Crippen LogP contribution in [-0.2, 0) is 6.18 Å². The fourth-order valence-corrected chi connectivity index (χ4v) is 4.68. The van der Waals surface area contributed by atoms with E-state index in [4.69, 9.17) is 16.2 Å². The third-order valence-corrected chi connectivity index (χ3v) is 6.60. The SMILES string of the molecule is O=C(Nc1ccc(N2CCN(c3ncc(C(F)(F)F)cc3Cl)CC2)c2nonc12)c1cccs1. The highest BCUT2D eigenvalue weighted by molar-refractivity contribution is 7.12. The van der Waals surface area contributed by atoms with Crippen LogP contribution in [0.25, 0.3) is 11.0 Å². The van der Waals surface area contributed by atoms with Crippen LogP contribution in [0.5, 0.6) is 0 Å². The van der Waals surface area contributed by atoms with Gasteiger partial charge in [-0.3, -0.25) is 4.79 Å². The highest BCUT2D eigenvalue weighted by atomic mass is 35.5. The highest BCUT2D eigenvalue weighted by Gasteiger charge is 2.32. The van der Waals surface area contributed by atoms with Gasteiger partial charge in [0.2, 0.25) is 0 Å². The van der Waals surface area contributed by atoms with Crippen molar-refractivity contribution in [3.63, 3.8) is 0 Å². The second kappa shape index (κ2) is 8.76. The van der Waals surface area contributed by atoms with Crippen LogP contribution in [0.1, 0.15) is 15.2 Å². The molecule has 1 aromatic carbocycles. The molecule has 0 atom stereocenters. The number of pyridine rings is 1. The molecule has 1 aliphatic heterocycles. The van der Waals surface area contributed by atoms with Gasteiger partial charge in [-0.1, -0.05) is 17.7 Å². The van der Waals surface area contributed by atoms with Crippen molar-refractivity contribution in [2.24, 2.45) is 0 Å². The maximum absolute atomic E-state index is 12.9. The zero-order chi connectivity index (χ0) is 23.9. The number of halogens is 4. The molecule has 1 aliphatic rings. The van der Waals surface area contributed by atoms with E-state index in [1.807, 2.05) is 16.3 Å². The molecule has 13 heteroatoms. The number of anilines is 3. The average Bonchev–Trinajstić information content (AvgIpc) is 3.52. The van der Waals surface area contributed by atoms with E-state index in [1.165, 1.54) is 11.3 Å². The summed E-state index contributed by atoms with van der Waals surface area (Å²) in [5, 5.41) is 12.6. The lowest BCUT2D eigenvalue weighted by molar-refractivity contribution is -0.137. The highest BCUT2D eigenvalue weighted by Crippen LogP contribution is 2.35. The summed E-state index contributed by atoms with van der Waals surface area (Å²) in [7, 11) is 0. The van der Waals surface area contributed by atoms with Crippen molar-refractivity contribution in [1.29, 1.82) is 0 Å². The second-order valence-corrected chi connectivity index (χ2v) is 8.88. The number of carbonyl (C=O) groups is 1. The van der Waals surface area contributed by atoms with Gasteiger partial charge in [0.05, 0.1) is 26.8 Å². The van der Waals surface area contributed by atoms with E-state index in [-0.39, 0.29) is 10.9 Å². The Labute approximate surface area is 199 Å². The molecule has 0 bridgehead atoms. The molecule has 5 rings (SSSR count). The summed E-state index contributed by atoms with van der Waals surface area (Å²) in [5.41, 5.74) is 1.31. The summed E-state index contributed by atoms with van der Waals surface area (Å²) in [6.45, 7) is 2.06. The quantitative estimate of drug-likeness (QED) is 0.418. The van der Waals surface area contributed by atoms with Gasteiger partial charge in [-0.05, 0) is 40.0 Å². The van der Waals surface area contributed by atoms with E-state index in [0.29, 0.717) is 53.6 Å². The number of hydrogen-bond acceptors (Lipinski definition) is 8. The molecule has 34 heavy (non-hydrogen) atoms. The number of nitrogens with one attached hydrogen (secondary N) is 1. The van der Waals surface area contributed by atoms with Crippen LogP contribution in [0.2, 0.25) is 5.02 Å². The van der Waals surface area contributed by atoms with Crippen LogP contribution in [0, 0.1) is 0 Å². The van der Waals surface area contributed by atoms with Gasteiger partial charge in [-0.15, -0.1) is 11.3 Å². The number of benzene rings is 1. The van der Waals surface area contributed by atoms with Crippen LogP contribution in [0.15, 0.2) is 46.5 Å². The first-order valence-corrected chi connectivity index (χ1v) is 11.4. The fraction of sp³-hybridized carbons (Fsp3) is 0.238. The molecule has 1 fully saturated rings. The summed E-state index contributed by atoms with van der Waals surface area (Å²) in [6, 6.07) is 7.99. The first-order valence-electron chi connectivity index (χ1n) is 10.1. The number of carbonyl (C=O) groups excluding carboxylic acids is 1. The van der Waals surface area contributed by atoms with Crippen molar-refractivity contribution < 1.29 is 22.6 Å². The van der Waals surface area contributed by atoms with Crippen LogP contribution < -0.4 is 15.1 Å². The number of hydrogen-bond donors (Lipinski definition) is 1. The van der Waals surface area contributed by atoms with Gasteiger partial charge in [0.25, 0.3) is 5.91 Å². The van der Waals surface area contributed by atoms with Crippen molar-refractivity contribution in [1.82, 2.24) is 15.3 Å². The Morgan fingerprint density at radius 2 is 1.82 bits per heavy atom. The number of amides is 1. The Balaban J connectivity index is 1.32. The number of piperazine rings is 1. The lowest BCUT2D eigenvalue weighted by Gasteiger charge is -2.37.